The summed E-state index contributed by atoms with van der Waals surface area (Å²) in [6, 6.07) is 4.30. The number of allylic oxidation sites excluding steroid dienone is 6. The van der Waals surface area contributed by atoms with Gasteiger partial charge in [0, 0.05) is 22.3 Å². The molecule has 0 bridgehead atoms. The van der Waals surface area contributed by atoms with Crippen LogP contribution in [-0.2, 0) is 9.31 Å². The number of hydrogen-bond acceptors (Lipinski definition) is 5. The molecule has 4 unspecified atom stereocenters. The van der Waals surface area contributed by atoms with Crippen LogP contribution in [0.5, 0.6) is 0 Å². The minimum absolute atomic E-state index is 0.425. The van der Waals surface area contributed by atoms with Crippen LogP contribution in [0.2, 0.25) is 0 Å². The van der Waals surface area contributed by atoms with Gasteiger partial charge < -0.3 is 19.5 Å². The van der Waals surface area contributed by atoms with Crippen LogP contribution in [0.4, 0.5) is 0 Å². The van der Waals surface area contributed by atoms with Gasteiger partial charge in [0.2, 0.25) is 0 Å². The van der Waals surface area contributed by atoms with Gasteiger partial charge >= 0.3 is 15.0 Å². The number of thioether (sulfide) groups is 1. The van der Waals surface area contributed by atoms with Crippen molar-refractivity contribution in [3.63, 3.8) is 0 Å². The fraction of sp³-hybridized carbons (Fsp3) is 0.548. The van der Waals surface area contributed by atoms with E-state index in [0.717, 1.165) is 22.1 Å². The number of rotatable bonds is 9. The van der Waals surface area contributed by atoms with Gasteiger partial charge in [-0.3, -0.25) is 0 Å². The summed E-state index contributed by atoms with van der Waals surface area (Å²) in [5, 5.41) is 22.2. The van der Waals surface area contributed by atoms with Crippen molar-refractivity contribution in [2.24, 2.45) is 11.8 Å². The highest BCUT2D eigenvalue weighted by atomic mass is 32.2. The van der Waals surface area contributed by atoms with E-state index in [4.69, 9.17) is 9.31 Å². The molecule has 7 heteroatoms. The molecule has 2 N–H and O–H groups in total. The molecule has 4 rings (SSSR count). The van der Waals surface area contributed by atoms with Gasteiger partial charge in [0.1, 0.15) is 0 Å². The summed E-state index contributed by atoms with van der Waals surface area (Å²) in [5.74, 6) is 1.05. The predicted octanol–water partition coefficient (Wildman–Crippen LogP) is 4.41. The largest absolute Gasteiger partial charge is 0.427 e. The monoisotopic (exact) mass is 532 g/mol. The molecule has 0 aromatic heterocycles. The number of fused-ring (bicyclic) bond motifs is 3. The molecule has 202 valence electrons. The second-order valence-electron chi connectivity index (χ2n) is 12.9. The third kappa shape index (κ3) is 5.97. The van der Waals surface area contributed by atoms with Crippen LogP contribution >= 0.6 is 11.8 Å². The van der Waals surface area contributed by atoms with Crippen LogP contribution in [0.25, 0.3) is 5.57 Å². The molecule has 2 radical (unpaired) electrons. The lowest BCUT2D eigenvalue weighted by Crippen LogP contribution is -2.50. The maximum absolute atomic E-state index is 10.6. The summed E-state index contributed by atoms with van der Waals surface area (Å²) in [6.07, 6.45) is 16.0. The molecule has 38 heavy (non-hydrogen) atoms. The molecule has 4 atom stereocenters. The van der Waals surface area contributed by atoms with Crippen LogP contribution in [0.1, 0.15) is 66.5 Å². The van der Waals surface area contributed by atoms with Gasteiger partial charge in [-0.25, -0.2) is 0 Å². The van der Waals surface area contributed by atoms with Crippen molar-refractivity contribution in [2.45, 2.75) is 95.2 Å². The van der Waals surface area contributed by atoms with E-state index in [1.165, 1.54) is 5.57 Å². The molecule has 2 aliphatic carbocycles. The molecular formula is C31H42B2O4S. The maximum Gasteiger partial charge on any atom is 0.331 e. The first-order valence-electron chi connectivity index (χ1n) is 13.5. The predicted molar refractivity (Wildman–Crippen MR) is 162 cm³/mol. The maximum atomic E-state index is 10.6. The van der Waals surface area contributed by atoms with Crippen molar-refractivity contribution in [3.05, 3.63) is 65.8 Å². The van der Waals surface area contributed by atoms with Crippen molar-refractivity contribution >= 4 is 43.2 Å². The molecule has 1 aliphatic heterocycles. The Balaban J connectivity index is 1.66. The summed E-state index contributed by atoms with van der Waals surface area (Å²) >= 11 is 2.03. The minimum atomic E-state index is -1.02. The zero-order chi connectivity index (χ0) is 28.1. The lowest BCUT2D eigenvalue weighted by Gasteiger charge is -2.38. The van der Waals surface area contributed by atoms with E-state index in [2.05, 4.69) is 54.7 Å². The molecule has 1 saturated heterocycles. The van der Waals surface area contributed by atoms with Gasteiger partial charge in [0.05, 0.1) is 22.4 Å². The fourth-order valence-corrected chi connectivity index (χ4v) is 6.16. The summed E-state index contributed by atoms with van der Waals surface area (Å²) in [5.41, 5.74) is 1.50. The average Bonchev–Trinajstić information content (AvgIpc) is 3.19. The lowest BCUT2D eigenvalue weighted by molar-refractivity contribution is -0.0894. The molecular weight excluding hydrogens is 490 g/mol. The highest BCUT2D eigenvalue weighted by molar-refractivity contribution is 8.01. The summed E-state index contributed by atoms with van der Waals surface area (Å²) in [4.78, 5) is 0. The Labute approximate surface area is 235 Å². The first-order chi connectivity index (χ1) is 17.5. The molecule has 1 fully saturated rings. The van der Waals surface area contributed by atoms with E-state index in [1.54, 1.807) is 42.7 Å². The fourth-order valence-electron chi connectivity index (χ4n) is 4.49. The highest BCUT2D eigenvalue weighted by Gasteiger charge is 2.41. The van der Waals surface area contributed by atoms with Crippen molar-refractivity contribution < 1.29 is 19.5 Å². The number of hydrogen-bond donors (Lipinski definition) is 2. The standard InChI is InChI=1S/C31H42B2O4S/c1-19-24(32-36-30(6,7)28(2,3)34)16-21(17-25(19)33-37-31(8,9)29(4,5)35)20-14-15-23-22-12-10-11-13-26(22)38-27(23)18-20/h10-18,22-23,26-27,34-35H,1-9H3. The molecule has 3 aliphatic rings. The van der Waals surface area contributed by atoms with E-state index in [0.29, 0.717) is 22.3 Å². The van der Waals surface area contributed by atoms with Crippen molar-refractivity contribution in [1.82, 2.24) is 0 Å². The van der Waals surface area contributed by atoms with Crippen LogP contribution in [0.3, 0.4) is 0 Å². The summed E-state index contributed by atoms with van der Waals surface area (Å²) in [6.45, 7) is 16.6. The Kier molecular flexibility index (Phi) is 8.13. The minimum Gasteiger partial charge on any atom is -0.427 e. The SMILES string of the molecule is Cc1c([B]OC(C)(C)C(C)(C)O)cc(C2=CC3SC4C=CC=CC4C3C=C2)cc1[B]OC(C)(C)C(C)(C)O. The zero-order valence-corrected chi connectivity index (χ0v) is 25.1. The summed E-state index contributed by atoms with van der Waals surface area (Å²) in [7, 11) is 3.50. The molecule has 0 spiro atoms. The Hall–Kier alpha value is -1.50. The smallest absolute Gasteiger partial charge is 0.331 e. The van der Waals surface area contributed by atoms with Crippen LogP contribution in [0, 0.1) is 18.8 Å². The van der Waals surface area contributed by atoms with E-state index in [1.807, 2.05) is 46.4 Å². The molecule has 1 heterocycles. The first-order valence-corrected chi connectivity index (χ1v) is 14.5. The highest BCUT2D eigenvalue weighted by Crippen LogP contribution is 2.49. The Morgan fingerprint density at radius 3 is 1.76 bits per heavy atom. The molecule has 0 saturated carbocycles. The van der Waals surface area contributed by atoms with Gasteiger partial charge in [0.15, 0.2) is 0 Å². The summed E-state index contributed by atoms with van der Waals surface area (Å²) < 4.78 is 12.3. The van der Waals surface area contributed by atoms with E-state index in [-0.39, 0.29) is 0 Å². The molecule has 1 aromatic rings. The molecule has 0 amide bonds. The number of aliphatic hydroxyl groups is 2. The number of benzene rings is 1. The topological polar surface area (TPSA) is 58.9 Å². The van der Waals surface area contributed by atoms with Gasteiger partial charge in [-0.1, -0.05) is 71.2 Å². The van der Waals surface area contributed by atoms with Crippen molar-refractivity contribution in [2.75, 3.05) is 0 Å². The van der Waals surface area contributed by atoms with Crippen LogP contribution in [-0.4, -0.2) is 58.1 Å². The Morgan fingerprint density at radius 1 is 0.737 bits per heavy atom. The second-order valence-corrected chi connectivity index (χ2v) is 14.2. The molecule has 4 nitrogen and oxygen atoms in total. The van der Waals surface area contributed by atoms with Crippen LogP contribution in [0.15, 0.2) is 54.7 Å². The van der Waals surface area contributed by atoms with E-state index < -0.39 is 22.4 Å². The quantitative estimate of drug-likeness (QED) is 0.462. The van der Waals surface area contributed by atoms with E-state index >= 15 is 0 Å². The van der Waals surface area contributed by atoms with Gasteiger partial charge in [-0.05, 0) is 73.5 Å². The van der Waals surface area contributed by atoms with Gasteiger partial charge in [-0.2, -0.15) is 0 Å². The Morgan fingerprint density at radius 2 is 1.24 bits per heavy atom. The molecule has 1 aromatic carbocycles. The normalized spacial score (nSPS) is 25.2. The third-order valence-electron chi connectivity index (χ3n) is 8.83. The van der Waals surface area contributed by atoms with Gasteiger partial charge in [0.25, 0.3) is 0 Å². The van der Waals surface area contributed by atoms with Crippen LogP contribution < -0.4 is 10.9 Å². The van der Waals surface area contributed by atoms with Crippen molar-refractivity contribution in [3.8, 4) is 0 Å². The lowest BCUT2D eigenvalue weighted by atomic mass is 9.71. The van der Waals surface area contributed by atoms with Crippen molar-refractivity contribution in [1.29, 1.82) is 0 Å². The average molecular weight is 532 g/mol. The zero-order valence-electron chi connectivity index (χ0n) is 24.3. The Bertz CT molecular complexity index is 1120. The van der Waals surface area contributed by atoms with Gasteiger partial charge in [-0.15, -0.1) is 11.8 Å². The first kappa shape index (κ1) is 29.5. The third-order valence-corrected chi connectivity index (χ3v) is 10.4. The van der Waals surface area contributed by atoms with E-state index in [9.17, 15) is 10.2 Å². The second kappa shape index (κ2) is 10.5.